The van der Waals surface area contributed by atoms with Crippen molar-refractivity contribution in [3.63, 3.8) is 0 Å². The van der Waals surface area contributed by atoms with Gasteiger partial charge in [-0.3, -0.25) is 14.3 Å². The predicted molar refractivity (Wildman–Crippen MR) is 61.7 cm³/mol. The molecule has 6 heteroatoms. The van der Waals surface area contributed by atoms with Crippen LogP contribution in [0.3, 0.4) is 0 Å². The zero-order valence-corrected chi connectivity index (χ0v) is 10.2. The van der Waals surface area contributed by atoms with E-state index in [1.165, 1.54) is 6.20 Å². The van der Waals surface area contributed by atoms with E-state index in [1.807, 2.05) is 6.92 Å². The molecule has 0 aliphatic heterocycles. The minimum atomic E-state index is -0.857. The van der Waals surface area contributed by atoms with E-state index >= 15 is 0 Å². The van der Waals surface area contributed by atoms with Crippen LogP contribution >= 0.6 is 0 Å². The van der Waals surface area contributed by atoms with Gasteiger partial charge in [0, 0.05) is 25.7 Å². The molecule has 0 radical (unpaired) electrons. The summed E-state index contributed by atoms with van der Waals surface area (Å²) >= 11 is 0. The Morgan fingerprint density at radius 2 is 2.24 bits per heavy atom. The van der Waals surface area contributed by atoms with Crippen LogP contribution in [0, 0.1) is 12.8 Å². The molecule has 1 rings (SSSR count). The fraction of sp³-hybridized carbons (Fsp3) is 0.545. The van der Waals surface area contributed by atoms with E-state index in [4.69, 9.17) is 5.11 Å². The first kappa shape index (κ1) is 13.2. The van der Waals surface area contributed by atoms with Crippen molar-refractivity contribution in [1.29, 1.82) is 0 Å². The monoisotopic (exact) mass is 239 g/mol. The summed E-state index contributed by atoms with van der Waals surface area (Å²) in [7, 11) is 1.76. The van der Waals surface area contributed by atoms with Crippen molar-refractivity contribution < 1.29 is 14.7 Å². The van der Waals surface area contributed by atoms with E-state index in [0.717, 1.165) is 5.69 Å². The molecule has 1 unspecified atom stereocenters. The van der Waals surface area contributed by atoms with Crippen molar-refractivity contribution in [3.05, 3.63) is 17.5 Å². The number of aliphatic carboxylic acids is 1. The van der Waals surface area contributed by atoms with Crippen LogP contribution in [0.2, 0.25) is 0 Å². The molecule has 0 aromatic carbocycles. The van der Waals surface area contributed by atoms with E-state index < -0.39 is 5.97 Å². The molecule has 1 aromatic rings. The Hall–Kier alpha value is -1.85. The largest absolute Gasteiger partial charge is 0.481 e. The van der Waals surface area contributed by atoms with Crippen LogP contribution in [0.25, 0.3) is 0 Å². The molecule has 0 aliphatic rings. The summed E-state index contributed by atoms with van der Waals surface area (Å²) in [5, 5.41) is 15.3. The lowest BCUT2D eigenvalue weighted by atomic mass is 10.1. The molecule has 94 valence electrons. The maximum atomic E-state index is 11.8. The number of amides is 1. The maximum absolute atomic E-state index is 11.8. The van der Waals surface area contributed by atoms with E-state index in [0.29, 0.717) is 12.1 Å². The van der Waals surface area contributed by atoms with Crippen LogP contribution < -0.4 is 5.32 Å². The second-order valence-electron chi connectivity index (χ2n) is 4.18. The highest BCUT2D eigenvalue weighted by Gasteiger charge is 2.14. The molecule has 17 heavy (non-hydrogen) atoms. The van der Waals surface area contributed by atoms with Crippen molar-refractivity contribution in [1.82, 2.24) is 15.1 Å². The number of carbonyl (C=O) groups excluding carboxylic acids is 1. The van der Waals surface area contributed by atoms with Crippen LogP contribution in [-0.2, 0) is 11.8 Å². The SMILES string of the molecule is Cc1c(C(=O)NCC(C)CC(=O)O)cnn1C. The summed E-state index contributed by atoms with van der Waals surface area (Å²) in [6.07, 6.45) is 1.55. The lowest BCUT2D eigenvalue weighted by Crippen LogP contribution is -2.29. The van der Waals surface area contributed by atoms with Crippen molar-refractivity contribution in [2.24, 2.45) is 13.0 Å². The van der Waals surface area contributed by atoms with Gasteiger partial charge in [0.1, 0.15) is 0 Å². The smallest absolute Gasteiger partial charge is 0.303 e. The highest BCUT2D eigenvalue weighted by Crippen LogP contribution is 2.06. The number of nitrogens with zero attached hydrogens (tertiary/aromatic N) is 2. The highest BCUT2D eigenvalue weighted by atomic mass is 16.4. The zero-order valence-electron chi connectivity index (χ0n) is 10.2. The molecule has 0 saturated heterocycles. The third-order valence-corrected chi connectivity index (χ3v) is 2.61. The number of carbonyl (C=O) groups is 2. The summed E-state index contributed by atoms with van der Waals surface area (Å²) < 4.78 is 1.62. The minimum absolute atomic E-state index is 0.0479. The van der Waals surface area contributed by atoms with Crippen LogP contribution in [0.15, 0.2) is 6.20 Å². The Morgan fingerprint density at radius 1 is 1.59 bits per heavy atom. The number of hydrogen-bond acceptors (Lipinski definition) is 3. The molecule has 0 bridgehead atoms. The van der Waals surface area contributed by atoms with Gasteiger partial charge in [-0.25, -0.2) is 0 Å². The number of carboxylic acid groups (broad SMARTS) is 1. The lowest BCUT2D eigenvalue weighted by Gasteiger charge is -2.09. The average Bonchev–Trinajstić information content (AvgIpc) is 2.55. The van der Waals surface area contributed by atoms with Crippen molar-refractivity contribution >= 4 is 11.9 Å². The van der Waals surface area contributed by atoms with Crippen molar-refractivity contribution in [3.8, 4) is 0 Å². The van der Waals surface area contributed by atoms with Gasteiger partial charge < -0.3 is 10.4 Å². The van der Waals surface area contributed by atoms with Gasteiger partial charge >= 0.3 is 5.97 Å². The second kappa shape index (κ2) is 5.47. The third-order valence-electron chi connectivity index (χ3n) is 2.61. The summed E-state index contributed by atoms with van der Waals surface area (Å²) in [5.41, 5.74) is 1.31. The van der Waals surface area contributed by atoms with Gasteiger partial charge in [-0.15, -0.1) is 0 Å². The van der Waals surface area contributed by atoms with Gasteiger partial charge in [0.2, 0.25) is 0 Å². The summed E-state index contributed by atoms with van der Waals surface area (Å²) in [6, 6.07) is 0. The first-order valence-corrected chi connectivity index (χ1v) is 5.40. The molecule has 0 fully saturated rings. The second-order valence-corrected chi connectivity index (χ2v) is 4.18. The number of carboxylic acids is 1. The average molecular weight is 239 g/mol. The molecule has 2 N–H and O–H groups in total. The Morgan fingerprint density at radius 3 is 2.71 bits per heavy atom. The Labute approximate surface area is 99.6 Å². The molecule has 1 amide bonds. The number of nitrogens with one attached hydrogen (secondary N) is 1. The van der Waals surface area contributed by atoms with Crippen LogP contribution in [0.5, 0.6) is 0 Å². The van der Waals surface area contributed by atoms with Crippen molar-refractivity contribution in [2.75, 3.05) is 6.54 Å². The molecular formula is C11H17N3O3. The third kappa shape index (κ3) is 3.58. The molecule has 0 saturated carbocycles. The highest BCUT2D eigenvalue weighted by molar-refractivity contribution is 5.95. The van der Waals surface area contributed by atoms with Gasteiger partial charge in [0.15, 0.2) is 0 Å². The maximum Gasteiger partial charge on any atom is 0.303 e. The first-order valence-electron chi connectivity index (χ1n) is 5.40. The van der Waals surface area contributed by atoms with Crippen molar-refractivity contribution in [2.45, 2.75) is 20.3 Å². The first-order chi connectivity index (χ1) is 7.91. The number of rotatable bonds is 5. The van der Waals surface area contributed by atoms with E-state index in [9.17, 15) is 9.59 Å². The van der Waals surface area contributed by atoms with Gasteiger partial charge in [-0.1, -0.05) is 6.92 Å². The number of hydrogen-bond donors (Lipinski definition) is 2. The molecule has 1 atom stereocenters. The molecule has 1 aromatic heterocycles. The predicted octanol–water partition coefficient (Wildman–Crippen LogP) is 0.569. The van der Waals surface area contributed by atoms with Gasteiger partial charge in [0.05, 0.1) is 11.8 Å². The fourth-order valence-corrected chi connectivity index (χ4v) is 1.45. The number of aromatic nitrogens is 2. The quantitative estimate of drug-likeness (QED) is 0.786. The van der Waals surface area contributed by atoms with Gasteiger partial charge in [0.25, 0.3) is 5.91 Å². The zero-order chi connectivity index (χ0) is 13.0. The van der Waals surface area contributed by atoms with E-state index in [1.54, 1.807) is 18.7 Å². The van der Waals surface area contributed by atoms with E-state index in [-0.39, 0.29) is 18.2 Å². The molecule has 1 heterocycles. The normalized spacial score (nSPS) is 12.2. The molecule has 6 nitrogen and oxygen atoms in total. The fourth-order valence-electron chi connectivity index (χ4n) is 1.45. The lowest BCUT2D eigenvalue weighted by molar-refractivity contribution is -0.137. The van der Waals surface area contributed by atoms with Gasteiger partial charge in [-0.2, -0.15) is 5.10 Å². The standard InChI is InChI=1S/C11H17N3O3/c1-7(4-10(15)16)5-12-11(17)9-6-13-14(3)8(9)2/h6-7H,4-5H2,1-3H3,(H,12,17)(H,15,16). The number of aryl methyl sites for hydroxylation is 1. The summed E-state index contributed by atoms with van der Waals surface area (Å²) in [4.78, 5) is 22.2. The Kier molecular flexibility index (Phi) is 4.25. The molecular weight excluding hydrogens is 222 g/mol. The summed E-state index contributed by atoms with van der Waals surface area (Å²) in [5.74, 6) is -1.16. The summed E-state index contributed by atoms with van der Waals surface area (Å²) in [6.45, 7) is 3.94. The van der Waals surface area contributed by atoms with Crippen LogP contribution in [0.1, 0.15) is 29.4 Å². The Bertz CT molecular complexity index is 426. The topological polar surface area (TPSA) is 84.2 Å². The van der Waals surface area contributed by atoms with E-state index in [2.05, 4.69) is 10.4 Å². The Balaban J connectivity index is 2.50. The van der Waals surface area contributed by atoms with Crippen LogP contribution in [0.4, 0.5) is 0 Å². The van der Waals surface area contributed by atoms with Crippen LogP contribution in [-0.4, -0.2) is 33.3 Å². The molecule has 0 spiro atoms. The minimum Gasteiger partial charge on any atom is -0.481 e. The van der Waals surface area contributed by atoms with Gasteiger partial charge in [-0.05, 0) is 12.8 Å². The molecule has 0 aliphatic carbocycles.